The van der Waals surface area contributed by atoms with Crippen molar-refractivity contribution >= 4 is 5.91 Å². The first-order valence-corrected chi connectivity index (χ1v) is 12.9. The van der Waals surface area contributed by atoms with Gasteiger partial charge < -0.3 is 29.1 Å². The minimum absolute atomic E-state index is 0.0237. The number of methoxy groups -OCH3 is 2. The number of likely N-dealkylation sites (tertiary alicyclic amines) is 1. The summed E-state index contributed by atoms with van der Waals surface area (Å²) in [4.78, 5) is 16.6. The molecule has 0 spiro atoms. The van der Waals surface area contributed by atoms with Gasteiger partial charge in [-0.25, -0.2) is 0 Å². The summed E-state index contributed by atoms with van der Waals surface area (Å²) in [5.74, 6) is 0.374. The Bertz CT molecular complexity index is 940. The van der Waals surface area contributed by atoms with Crippen molar-refractivity contribution in [3.63, 3.8) is 0 Å². The summed E-state index contributed by atoms with van der Waals surface area (Å²) in [6.07, 6.45) is 2.54. The number of rotatable bonds is 13. The van der Waals surface area contributed by atoms with Gasteiger partial charge in [-0.3, -0.25) is 4.79 Å². The molecule has 36 heavy (non-hydrogen) atoms. The highest BCUT2D eigenvalue weighted by molar-refractivity contribution is 5.76. The zero-order chi connectivity index (χ0) is 26.0. The van der Waals surface area contributed by atoms with Crippen molar-refractivity contribution in [1.82, 2.24) is 9.80 Å². The molecule has 0 radical (unpaired) electrons. The lowest BCUT2D eigenvalue weighted by Gasteiger charge is -2.42. The van der Waals surface area contributed by atoms with Gasteiger partial charge in [0.25, 0.3) is 0 Å². The first-order valence-electron chi connectivity index (χ1n) is 12.9. The maximum Gasteiger partial charge on any atom is 0.225 e. The third-order valence-corrected chi connectivity index (χ3v) is 7.37. The second-order valence-corrected chi connectivity index (χ2v) is 9.55. The zero-order valence-corrected chi connectivity index (χ0v) is 22.2. The largest absolute Gasteiger partial charge is 0.508 e. The molecule has 1 amide bonds. The molecule has 2 aromatic rings. The number of likely N-dealkylation sites (N-methyl/N-ethyl adjacent to an activating group) is 1. The Morgan fingerprint density at radius 1 is 1.08 bits per heavy atom. The minimum Gasteiger partial charge on any atom is -0.508 e. The highest BCUT2D eigenvalue weighted by Gasteiger charge is 2.39. The van der Waals surface area contributed by atoms with E-state index in [1.54, 1.807) is 19.1 Å². The van der Waals surface area contributed by atoms with Crippen molar-refractivity contribution in [2.24, 2.45) is 0 Å². The van der Waals surface area contributed by atoms with Crippen LogP contribution in [0.25, 0.3) is 0 Å². The van der Waals surface area contributed by atoms with Crippen LogP contribution < -0.4 is 0 Å². The van der Waals surface area contributed by atoms with Crippen molar-refractivity contribution in [1.29, 1.82) is 0 Å². The Labute approximate surface area is 216 Å². The van der Waals surface area contributed by atoms with Crippen LogP contribution in [0.2, 0.25) is 0 Å². The molecule has 0 bridgehead atoms. The summed E-state index contributed by atoms with van der Waals surface area (Å²) in [7, 11) is 5.29. The number of carbonyl (C=O) groups is 1. The fourth-order valence-electron chi connectivity index (χ4n) is 5.04. The van der Waals surface area contributed by atoms with Gasteiger partial charge in [-0.15, -0.1) is 0 Å². The number of ether oxygens (including phenoxy) is 3. The van der Waals surface area contributed by atoms with Crippen LogP contribution >= 0.6 is 0 Å². The van der Waals surface area contributed by atoms with E-state index in [2.05, 4.69) is 42.3 Å². The number of amides is 1. The van der Waals surface area contributed by atoms with Gasteiger partial charge in [0, 0.05) is 31.7 Å². The molecule has 0 unspecified atom stereocenters. The number of phenols is 1. The van der Waals surface area contributed by atoms with Crippen molar-refractivity contribution in [2.75, 3.05) is 60.7 Å². The van der Waals surface area contributed by atoms with Crippen molar-refractivity contribution in [2.45, 2.75) is 44.3 Å². The maximum absolute atomic E-state index is 12.5. The summed E-state index contributed by atoms with van der Waals surface area (Å²) >= 11 is 0. The molecule has 0 aliphatic carbocycles. The number of hydrogen-bond donors (Lipinski definition) is 1. The van der Waals surface area contributed by atoms with Gasteiger partial charge in [0.2, 0.25) is 5.91 Å². The van der Waals surface area contributed by atoms with Gasteiger partial charge in [0.05, 0.1) is 26.2 Å². The predicted molar refractivity (Wildman–Crippen MR) is 141 cm³/mol. The van der Waals surface area contributed by atoms with Gasteiger partial charge in [0.1, 0.15) is 5.75 Å². The smallest absolute Gasteiger partial charge is 0.225 e. The highest BCUT2D eigenvalue weighted by Crippen LogP contribution is 2.45. The summed E-state index contributed by atoms with van der Waals surface area (Å²) < 4.78 is 16.2. The third-order valence-electron chi connectivity index (χ3n) is 7.37. The first-order chi connectivity index (χ1) is 17.4. The number of benzene rings is 2. The molecular formula is C29H42N2O5. The van der Waals surface area contributed by atoms with E-state index in [-0.39, 0.29) is 11.3 Å². The van der Waals surface area contributed by atoms with Crippen molar-refractivity contribution < 1.29 is 24.1 Å². The van der Waals surface area contributed by atoms with E-state index in [0.29, 0.717) is 38.5 Å². The van der Waals surface area contributed by atoms with E-state index in [0.717, 1.165) is 43.5 Å². The molecule has 2 aromatic carbocycles. The van der Waals surface area contributed by atoms with Gasteiger partial charge in [-0.2, -0.15) is 0 Å². The molecule has 1 saturated heterocycles. The van der Waals surface area contributed by atoms with Gasteiger partial charge in [0.15, 0.2) is 6.29 Å². The third kappa shape index (κ3) is 7.07. The predicted octanol–water partition coefficient (Wildman–Crippen LogP) is 3.82. The molecule has 0 aromatic heterocycles. The molecule has 1 N–H and O–H groups in total. The molecule has 1 aliphatic rings. The maximum atomic E-state index is 12.5. The van der Waals surface area contributed by atoms with Crippen LogP contribution in [0.4, 0.5) is 0 Å². The molecule has 3 rings (SSSR count). The molecule has 0 atom stereocenters. The average Bonchev–Trinajstić information content (AvgIpc) is 2.91. The highest BCUT2D eigenvalue weighted by atomic mass is 16.7. The number of piperidine rings is 1. The summed E-state index contributed by atoms with van der Waals surface area (Å²) in [5.41, 5.74) is 3.18. The van der Waals surface area contributed by atoms with Crippen LogP contribution in [-0.2, 0) is 30.8 Å². The molecule has 198 valence electrons. The van der Waals surface area contributed by atoms with Crippen LogP contribution in [0.5, 0.6) is 5.75 Å². The van der Waals surface area contributed by atoms with Crippen molar-refractivity contribution in [3.05, 3.63) is 65.2 Å². The van der Waals surface area contributed by atoms with E-state index < -0.39 is 6.29 Å². The summed E-state index contributed by atoms with van der Waals surface area (Å²) in [6, 6.07) is 16.5. The van der Waals surface area contributed by atoms with Crippen molar-refractivity contribution in [3.8, 4) is 5.75 Å². The van der Waals surface area contributed by atoms with Gasteiger partial charge in [-0.05, 0) is 63.5 Å². The monoisotopic (exact) mass is 498 g/mol. The fraction of sp³-hybridized carbons (Fsp3) is 0.552. The van der Waals surface area contributed by atoms with Crippen LogP contribution in [0.1, 0.15) is 42.9 Å². The number of carbonyl (C=O) groups excluding carboxylic acids is 1. The lowest BCUT2D eigenvalue weighted by molar-refractivity contribution is -0.145. The van der Waals surface area contributed by atoms with E-state index in [1.807, 2.05) is 25.1 Å². The number of aromatic hydroxyl groups is 1. The topological polar surface area (TPSA) is 71.5 Å². The Kier molecular flexibility index (Phi) is 10.7. The van der Waals surface area contributed by atoms with E-state index in [4.69, 9.17) is 14.2 Å². The summed E-state index contributed by atoms with van der Waals surface area (Å²) in [6.45, 7) is 5.79. The molecule has 7 heteroatoms. The second-order valence-electron chi connectivity index (χ2n) is 9.55. The average molecular weight is 499 g/mol. The lowest BCUT2D eigenvalue weighted by atomic mass is 9.67. The Hall–Kier alpha value is -2.45. The van der Waals surface area contributed by atoms with Gasteiger partial charge >= 0.3 is 0 Å². The standard InChI is InChI=1S/C29H42N2O5/c1-5-31(22-28(34-3)35-4)27(33)14-20-36-19-13-23-11-12-26(32)25(21-23)29(15-17-30(2)18-16-29)24-9-7-6-8-10-24/h6-12,21,28,32H,5,13-20,22H2,1-4H3. The Balaban J connectivity index is 1.60. The SMILES string of the molecule is CCN(CC(OC)OC)C(=O)CCOCCc1ccc(O)c(C2(c3ccccc3)CCN(C)CC2)c1. The second kappa shape index (κ2) is 13.7. The quantitative estimate of drug-likeness (QED) is 0.334. The molecule has 0 saturated carbocycles. The number of hydrogen-bond acceptors (Lipinski definition) is 6. The molecule has 1 heterocycles. The zero-order valence-electron chi connectivity index (χ0n) is 22.2. The first kappa shape index (κ1) is 28.1. The Morgan fingerprint density at radius 3 is 2.42 bits per heavy atom. The van der Waals surface area contributed by atoms with E-state index >= 15 is 0 Å². The molecular weight excluding hydrogens is 456 g/mol. The Morgan fingerprint density at radius 2 is 1.78 bits per heavy atom. The van der Waals surface area contributed by atoms with Crippen LogP contribution in [0, 0.1) is 0 Å². The molecule has 7 nitrogen and oxygen atoms in total. The molecule has 1 fully saturated rings. The number of phenolic OH excluding ortho intramolecular Hbond substituents is 1. The number of nitrogens with zero attached hydrogens (tertiary/aromatic N) is 2. The van der Waals surface area contributed by atoms with Crippen LogP contribution in [-0.4, -0.2) is 87.8 Å². The van der Waals surface area contributed by atoms with Crippen LogP contribution in [0.3, 0.4) is 0 Å². The minimum atomic E-state index is -0.428. The lowest BCUT2D eigenvalue weighted by Crippen LogP contribution is -2.41. The summed E-state index contributed by atoms with van der Waals surface area (Å²) in [5, 5.41) is 10.9. The normalized spacial score (nSPS) is 15.8. The van der Waals surface area contributed by atoms with Crippen LogP contribution in [0.15, 0.2) is 48.5 Å². The molecule has 1 aliphatic heterocycles. The fourth-order valence-corrected chi connectivity index (χ4v) is 5.04. The van der Waals surface area contributed by atoms with E-state index in [1.165, 1.54) is 5.56 Å². The van der Waals surface area contributed by atoms with E-state index in [9.17, 15) is 9.90 Å². The van der Waals surface area contributed by atoms with Gasteiger partial charge in [-0.1, -0.05) is 42.5 Å².